The molecule has 0 bridgehead atoms. The van der Waals surface area contributed by atoms with Gasteiger partial charge in [-0.3, -0.25) is 4.79 Å². The van der Waals surface area contributed by atoms with Crippen molar-refractivity contribution < 1.29 is 4.79 Å². The zero-order chi connectivity index (χ0) is 22.4. The minimum Gasteiger partial charge on any atom is -0.367 e. The summed E-state index contributed by atoms with van der Waals surface area (Å²) in [5.41, 5.74) is 5.12. The lowest BCUT2D eigenvalue weighted by Gasteiger charge is -2.52. The molecule has 4 heteroatoms. The Labute approximate surface area is 195 Å². The van der Waals surface area contributed by atoms with Crippen molar-refractivity contribution in [1.82, 2.24) is 0 Å². The molecular weight excluding hydrogens is 406 g/mol. The molecule has 4 nitrogen and oxygen atoms in total. The Hall–Kier alpha value is -3.40. The number of hydrazone groups is 1. The minimum absolute atomic E-state index is 0.121. The van der Waals surface area contributed by atoms with Crippen molar-refractivity contribution in [1.29, 1.82) is 0 Å². The van der Waals surface area contributed by atoms with Gasteiger partial charge in [0.15, 0.2) is 0 Å². The number of carbonyl (C=O) groups is 1. The normalized spacial score (nSPS) is 26.2. The molecule has 0 aromatic heterocycles. The molecule has 0 saturated carbocycles. The molecule has 1 fully saturated rings. The van der Waals surface area contributed by atoms with Crippen LogP contribution in [0.5, 0.6) is 0 Å². The van der Waals surface area contributed by atoms with Gasteiger partial charge in [-0.25, -0.2) is 0 Å². The summed E-state index contributed by atoms with van der Waals surface area (Å²) in [4.78, 5) is 16.7. The first kappa shape index (κ1) is 20.2. The number of anilines is 2. The molecule has 33 heavy (non-hydrogen) atoms. The number of para-hydroxylation sites is 2. The van der Waals surface area contributed by atoms with Crippen LogP contribution in [0.1, 0.15) is 30.9 Å². The van der Waals surface area contributed by atoms with Crippen molar-refractivity contribution in [2.24, 2.45) is 16.4 Å². The zero-order valence-corrected chi connectivity index (χ0v) is 19.0. The fourth-order valence-electron chi connectivity index (χ4n) is 6.25. The summed E-state index contributed by atoms with van der Waals surface area (Å²) in [7, 11) is 0. The molecule has 166 valence electrons. The van der Waals surface area contributed by atoms with E-state index in [0.29, 0.717) is 5.92 Å². The maximum absolute atomic E-state index is 14.2. The van der Waals surface area contributed by atoms with E-state index >= 15 is 0 Å². The third-order valence-electron chi connectivity index (χ3n) is 7.89. The van der Waals surface area contributed by atoms with Gasteiger partial charge in [0.25, 0.3) is 5.91 Å². The topological polar surface area (TPSA) is 35.9 Å². The lowest BCUT2D eigenvalue weighted by atomic mass is 9.64. The molecular formula is C29H29N3O. The molecule has 1 amide bonds. The van der Waals surface area contributed by atoms with Crippen molar-refractivity contribution in [3.05, 3.63) is 96.1 Å². The first-order valence-corrected chi connectivity index (χ1v) is 12.0. The van der Waals surface area contributed by atoms with Crippen molar-refractivity contribution in [2.45, 2.75) is 38.6 Å². The second-order valence-electron chi connectivity index (χ2n) is 9.70. The van der Waals surface area contributed by atoms with Gasteiger partial charge in [-0.05, 0) is 67.9 Å². The molecule has 3 aliphatic heterocycles. The minimum atomic E-state index is -0.612. The summed E-state index contributed by atoms with van der Waals surface area (Å²) in [6.07, 6.45) is 3.93. The van der Waals surface area contributed by atoms with Gasteiger partial charge in [-0.15, -0.1) is 0 Å². The van der Waals surface area contributed by atoms with Gasteiger partial charge < -0.3 is 4.90 Å². The summed E-state index contributed by atoms with van der Waals surface area (Å²) in [6.45, 7) is 3.04. The summed E-state index contributed by atoms with van der Waals surface area (Å²) in [5, 5.41) is 6.52. The smallest absolute Gasteiger partial charge is 0.261 e. The van der Waals surface area contributed by atoms with Crippen molar-refractivity contribution in [3.8, 4) is 0 Å². The molecule has 6 rings (SSSR count). The Morgan fingerprint density at radius 2 is 1.64 bits per heavy atom. The van der Waals surface area contributed by atoms with Crippen LogP contribution >= 0.6 is 0 Å². The fraction of sp³-hybridized carbons (Fsp3) is 0.310. The van der Waals surface area contributed by atoms with E-state index in [9.17, 15) is 4.79 Å². The number of fused-ring (bicyclic) bond motifs is 4. The highest BCUT2D eigenvalue weighted by atomic mass is 16.2. The van der Waals surface area contributed by atoms with E-state index in [1.54, 1.807) is 5.01 Å². The molecule has 0 unspecified atom stereocenters. The lowest BCUT2D eigenvalue weighted by Crippen LogP contribution is -2.62. The standard InChI is InChI=1S/C29H29N3O/c1-21-29(28(33)32(30-21)25-13-6-3-7-14-25)20-24-12-8-9-15-26(24)31-17-16-23(19-27(29)31)18-22-10-4-2-5-11-22/h2-15,23,27H,16-20H2,1H3/t23-,27-,29-/m1/s1. The number of carbonyl (C=O) groups excluding carboxylic acids is 1. The number of hydrogen-bond donors (Lipinski definition) is 0. The summed E-state index contributed by atoms with van der Waals surface area (Å²) >= 11 is 0. The van der Waals surface area contributed by atoms with Crippen LogP contribution in [-0.2, 0) is 17.6 Å². The van der Waals surface area contributed by atoms with Crippen LogP contribution in [-0.4, -0.2) is 24.2 Å². The average Bonchev–Trinajstić information content (AvgIpc) is 3.11. The number of benzene rings is 3. The molecule has 3 aromatic rings. The largest absolute Gasteiger partial charge is 0.367 e. The van der Waals surface area contributed by atoms with E-state index in [2.05, 4.69) is 66.4 Å². The van der Waals surface area contributed by atoms with E-state index in [0.717, 1.165) is 43.6 Å². The van der Waals surface area contributed by atoms with Gasteiger partial charge >= 0.3 is 0 Å². The molecule has 3 atom stereocenters. The highest BCUT2D eigenvalue weighted by Crippen LogP contribution is 2.50. The van der Waals surface area contributed by atoms with Crippen LogP contribution in [0.25, 0.3) is 0 Å². The predicted octanol–water partition coefficient (Wildman–Crippen LogP) is 5.48. The Morgan fingerprint density at radius 1 is 0.939 bits per heavy atom. The first-order chi connectivity index (χ1) is 16.2. The SMILES string of the molecule is CC1=NN(c2ccccc2)C(=O)[C@]12Cc1ccccc1N1CC[C@H](Cc3ccccc3)C[C@@H]12. The van der Waals surface area contributed by atoms with Crippen molar-refractivity contribution in [2.75, 3.05) is 16.5 Å². The van der Waals surface area contributed by atoms with Gasteiger partial charge in [-0.1, -0.05) is 66.7 Å². The van der Waals surface area contributed by atoms with Crippen LogP contribution in [0, 0.1) is 11.3 Å². The second-order valence-corrected chi connectivity index (χ2v) is 9.70. The highest BCUT2D eigenvalue weighted by molar-refractivity contribution is 6.20. The molecule has 3 heterocycles. The average molecular weight is 436 g/mol. The van der Waals surface area contributed by atoms with Crippen LogP contribution in [0.4, 0.5) is 11.4 Å². The number of nitrogens with zero attached hydrogens (tertiary/aromatic N) is 3. The van der Waals surface area contributed by atoms with Gasteiger partial charge in [0.05, 0.1) is 11.4 Å². The van der Waals surface area contributed by atoms with Crippen LogP contribution in [0.15, 0.2) is 90.0 Å². The third-order valence-corrected chi connectivity index (χ3v) is 7.89. The van der Waals surface area contributed by atoms with Gasteiger partial charge in [0, 0.05) is 18.3 Å². The Morgan fingerprint density at radius 3 is 2.42 bits per heavy atom. The monoisotopic (exact) mass is 435 g/mol. The molecule has 1 saturated heterocycles. The van der Waals surface area contributed by atoms with Crippen LogP contribution in [0.2, 0.25) is 0 Å². The van der Waals surface area contributed by atoms with E-state index in [-0.39, 0.29) is 11.9 Å². The van der Waals surface area contributed by atoms with E-state index in [1.807, 2.05) is 30.3 Å². The number of amides is 1. The number of piperidine rings is 1. The Kier molecular flexibility index (Phi) is 4.83. The Balaban J connectivity index is 1.40. The maximum atomic E-state index is 14.2. The summed E-state index contributed by atoms with van der Waals surface area (Å²) < 4.78 is 0. The summed E-state index contributed by atoms with van der Waals surface area (Å²) in [6, 6.07) is 29.4. The highest BCUT2D eigenvalue weighted by Gasteiger charge is 2.59. The summed E-state index contributed by atoms with van der Waals surface area (Å²) in [5.74, 6) is 0.679. The molecule has 0 radical (unpaired) electrons. The molecule has 3 aromatic carbocycles. The van der Waals surface area contributed by atoms with Crippen molar-refractivity contribution in [3.63, 3.8) is 0 Å². The Bertz CT molecular complexity index is 1210. The molecule has 0 aliphatic carbocycles. The van der Waals surface area contributed by atoms with Crippen LogP contribution < -0.4 is 9.91 Å². The van der Waals surface area contributed by atoms with Crippen LogP contribution in [0.3, 0.4) is 0 Å². The van der Waals surface area contributed by atoms with Crippen molar-refractivity contribution >= 4 is 23.0 Å². The second kappa shape index (κ2) is 7.87. The van der Waals surface area contributed by atoms with E-state index < -0.39 is 5.41 Å². The molecule has 3 aliphatic rings. The lowest BCUT2D eigenvalue weighted by molar-refractivity contribution is -0.125. The van der Waals surface area contributed by atoms with Gasteiger partial charge in [0.2, 0.25) is 0 Å². The number of hydrogen-bond acceptors (Lipinski definition) is 3. The fourth-order valence-corrected chi connectivity index (χ4v) is 6.25. The molecule has 0 N–H and O–H groups in total. The van der Waals surface area contributed by atoms with Gasteiger partial charge in [0.1, 0.15) is 5.41 Å². The third kappa shape index (κ3) is 3.19. The number of rotatable bonds is 3. The van der Waals surface area contributed by atoms with E-state index in [1.165, 1.54) is 16.8 Å². The maximum Gasteiger partial charge on any atom is 0.261 e. The zero-order valence-electron chi connectivity index (χ0n) is 19.0. The van der Waals surface area contributed by atoms with E-state index in [4.69, 9.17) is 5.10 Å². The molecule has 1 spiro atoms. The van der Waals surface area contributed by atoms with Gasteiger partial charge in [-0.2, -0.15) is 10.1 Å². The first-order valence-electron chi connectivity index (χ1n) is 12.0. The quantitative estimate of drug-likeness (QED) is 0.546. The predicted molar refractivity (Wildman–Crippen MR) is 134 cm³/mol.